The Morgan fingerprint density at radius 3 is 2.46 bits per heavy atom. The molecule has 0 aliphatic rings. The fourth-order valence-corrected chi connectivity index (χ4v) is 1.59. The van der Waals surface area contributed by atoms with Crippen LogP contribution in [0.15, 0.2) is 6.07 Å². The number of aryl methyl sites for hydroxylation is 2. The summed E-state index contributed by atoms with van der Waals surface area (Å²) in [7, 11) is 6.18. The first-order valence-electron chi connectivity index (χ1n) is 4.73. The molecule has 1 atom stereocenters. The van der Waals surface area contributed by atoms with Crippen molar-refractivity contribution >= 4 is 0 Å². The van der Waals surface area contributed by atoms with Crippen LogP contribution >= 0.6 is 0 Å². The van der Waals surface area contributed by atoms with E-state index < -0.39 is 0 Å². The standard InChI is InChI=1S/C10H19N3/c1-6-10(12(3)4)9-7-8(2)13(5)11-9/h7,10H,6H2,1-5H3. The lowest BCUT2D eigenvalue weighted by Crippen LogP contribution is -2.19. The monoisotopic (exact) mass is 181 g/mol. The summed E-state index contributed by atoms with van der Waals surface area (Å²) in [6.45, 7) is 4.27. The van der Waals surface area contributed by atoms with Crippen molar-refractivity contribution in [1.82, 2.24) is 14.7 Å². The molecule has 0 amide bonds. The molecule has 0 saturated heterocycles. The van der Waals surface area contributed by atoms with Crippen molar-refractivity contribution in [2.75, 3.05) is 14.1 Å². The van der Waals surface area contributed by atoms with Gasteiger partial charge >= 0.3 is 0 Å². The first kappa shape index (κ1) is 10.3. The van der Waals surface area contributed by atoms with Crippen LogP contribution in [0.3, 0.4) is 0 Å². The molecule has 1 aromatic rings. The smallest absolute Gasteiger partial charge is 0.0798 e. The van der Waals surface area contributed by atoms with Gasteiger partial charge in [-0.25, -0.2) is 0 Å². The van der Waals surface area contributed by atoms with Gasteiger partial charge in [-0.15, -0.1) is 0 Å². The predicted octanol–water partition coefficient (Wildman–Crippen LogP) is 1.74. The Kier molecular flexibility index (Phi) is 3.09. The first-order valence-corrected chi connectivity index (χ1v) is 4.73. The van der Waals surface area contributed by atoms with Crippen LogP contribution in [0.2, 0.25) is 0 Å². The van der Waals surface area contributed by atoms with Crippen molar-refractivity contribution in [1.29, 1.82) is 0 Å². The van der Waals surface area contributed by atoms with E-state index in [1.807, 2.05) is 11.7 Å². The van der Waals surface area contributed by atoms with Crippen LogP contribution in [0.25, 0.3) is 0 Å². The largest absolute Gasteiger partial charge is 0.301 e. The summed E-state index contributed by atoms with van der Waals surface area (Å²) in [5.41, 5.74) is 2.39. The molecule has 0 aliphatic carbocycles. The lowest BCUT2D eigenvalue weighted by molar-refractivity contribution is 0.285. The third-order valence-electron chi connectivity index (χ3n) is 2.48. The Morgan fingerprint density at radius 2 is 2.15 bits per heavy atom. The lowest BCUT2D eigenvalue weighted by atomic mass is 10.1. The van der Waals surface area contributed by atoms with Gasteiger partial charge in [0.1, 0.15) is 0 Å². The maximum Gasteiger partial charge on any atom is 0.0798 e. The van der Waals surface area contributed by atoms with Gasteiger partial charge in [-0.1, -0.05) is 6.92 Å². The summed E-state index contributed by atoms with van der Waals surface area (Å²) in [5.74, 6) is 0. The van der Waals surface area contributed by atoms with E-state index in [-0.39, 0.29) is 0 Å². The van der Waals surface area contributed by atoms with Gasteiger partial charge < -0.3 is 4.90 Å². The van der Waals surface area contributed by atoms with Crippen LogP contribution in [0.1, 0.15) is 30.8 Å². The van der Waals surface area contributed by atoms with E-state index in [9.17, 15) is 0 Å². The minimum Gasteiger partial charge on any atom is -0.301 e. The highest BCUT2D eigenvalue weighted by atomic mass is 15.3. The topological polar surface area (TPSA) is 21.1 Å². The van der Waals surface area contributed by atoms with Gasteiger partial charge in [-0.05, 0) is 33.5 Å². The third-order valence-corrected chi connectivity index (χ3v) is 2.48. The third kappa shape index (κ3) is 2.10. The molecule has 0 spiro atoms. The Hall–Kier alpha value is -0.830. The summed E-state index contributed by atoms with van der Waals surface area (Å²) >= 11 is 0. The number of rotatable bonds is 3. The maximum absolute atomic E-state index is 4.48. The van der Waals surface area contributed by atoms with Gasteiger partial charge in [0.2, 0.25) is 0 Å². The van der Waals surface area contributed by atoms with Crippen molar-refractivity contribution in [2.45, 2.75) is 26.3 Å². The van der Waals surface area contributed by atoms with E-state index in [2.05, 4.69) is 44.0 Å². The summed E-state index contributed by atoms with van der Waals surface area (Å²) in [6.07, 6.45) is 1.10. The van der Waals surface area contributed by atoms with Crippen LogP contribution < -0.4 is 0 Å². The zero-order chi connectivity index (χ0) is 10.0. The Labute approximate surface area is 80.4 Å². The molecule has 0 aromatic carbocycles. The molecule has 0 aliphatic heterocycles. The minimum absolute atomic E-state index is 0.444. The summed E-state index contributed by atoms with van der Waals surface area (Å²) in [5, 5.41) is 4.48. The second-order valence-electron chi connectivity index (χ2n) is 3.72. The van der Waals surface area contributed by atoms with Gasteiger partial charge in [-0.2, -0.15) is 5.10 Å². The normalized spacial score (nSPS) is 13.7. The van der Waals surface area contributed by atoms with Crippen LogP contribution in [0.4, 0.5) is 0 Å². The van der Waals surface area contributed by atoms with E-state index in [1.54, 1.807) is 0 Å². The molecule has 0 N–H and O–H groups in total. The summed E-state index contributed by atoms with van der Waals surface area (Å²) < 4.78 is 1.93. The minimum atomic E-state index is 0.444. The van der Waals surface area contributed by atoms with Crippen molar-refractivity contribution in [3.05, 3.63) is 17.5 Å². The molecule has 1 rings (SSSR count). The molecule has 0 radical (unpaired) electrons. The molecule has 0 fully saturated rings. The highest BCUT2D eigenvalue weighted by Gasteiger charge is 2.15. The molecule has 3 nitrogen and oxygen atoms in total. The number of hydrogen-bond acceptors (Lipinski definition) is 2. The van der Waals surface area contributed by atoms with Crippen LogP contribution in [-0.2, 0) is 7.05 Å². The van der Waals surface area contributed by atoms with Crippen LogP contribution in [-0.4, -0.2) is 28.8 Å². The number of aromatic nitrogens is 2. The summed E-state index contributed by atoms with van der Waals surface area (Å²) in [6, 6.07) is 2.61. The molecular weight excluding hydrogens is 162 g/mol. The number of hydrogen-bond donors (Lipinski definition) is 0. The van der Waals surface area contributed by atoms with Gasteiger partial charge in [0, 0.05) is 12.7 Å². The number of nitrogens with zero attached hydrogens (tertiary/aromatic N) is 3. The predicted molar refractivity (Wildman–Crippen MR) is 54.7 cm³/mol. The molecule has 1 aromatic heterocycles. The highest BCUT2D eigenvalue weighted by molar-refractivity contribution is 5.12. The average Bonchev–Trinajstić information content (AvgIpc) is 2.32. The maximum atomic E-state index is 4.48. The molecule has 3 heteroatoms. The quantitative estimate of drug-likeness (QED) is 0.708. The fraction of sp³-hybridized carbons (Fsp3) is 0.700. The van der Waals surface area contributed by atoms with Gasteiger partial charge in [0.25, 0.3) is 0 Å². The molecular formula is C10H19N3. The van der Waals surface area contributed by atoms with Crippen molar-refractivity contribution in [2.24, 2.45) is 7.05 Å². The van der Waals surface area contributed by atoms with E-state index in [4.69, 9.17) is 0 Å². The fourth-order valence-electron chi connectivity index (χ4n) is 1.59. The second kappa shape index (κ2) is 3.92. The molecule has 0 bridgehead atoms. The van der Waals surface area contributed by atoms with E-state index in [0.717, 1.165) is 6.42 Å². The Morgan fingerprint density at radius 1 is 1.54 bits per heavy atom. The van der Waals surface area contributed by atoms with Crippen molar-refractivity contribution < 1.29 is 0 Å². The first-order chi connectivity index (χ1) is 6.06. The SMILES string of the molecule is CCC(c1cc(C)n(C)n1)N(C)C. The lowest BCUT2D eigenvalue weighted by Gasteiger charge is -2.20. The molecule has 0 saturated carbocycles. The van der Waals surface area contributed by atoms with Crippen molar-refractivity contribution in [3.63, 3.8) is 0 Å². The molecule has 74 valence electrons. The van der Waals surface area contributed by atoms with E-state index in [0.29, 0.717) is 6.04 Å². The van der Waals surface area contributed by atoms with Gasteiger partial charge in [0.05, 0.1) is 11.7 Å². The average molecular weight is 181 g/mol. The second-order valence-corrected chi connectivity index (χ2v) is 3.72. The molecule has 13 heavy (non-hydrogen) atoms. The Bertz CT molecular complexity index is 256. The highest BCUT2D eigenvalue weighted by Crippen LogP contribution is 2.20. The van der Waals surface area contributed by atoms with Crippen LogP contribution in [0, 0.1) is 6.92 Å². The van der Waals surface area contributed by atoms with Gasteiger partial charge in [-0.3, -0.25) is 4.68 Å². The zero-order valence-electron chi connectivity index (χ0n) is 9.20. The van der Waals surface area contributed by atoms with E-state index >= 15 is 0 Å². The molecule has 1 unspecified atom stereocenters. The Balaban J connectivity index is 2.92. The zero-order valence-corrected chi connectivity index (χ0v) is 9.20. The summed E-state index contributed by atoms with van der Waals surface area (Å²) in [4.78, 5) is 2.21. The van der Waals surface area contributed by atoms with Crippen LogP contribution in [0.5, 0.6) is 0 Å². The molecule has 1 heterocycles. The van der Waals surface area contributed by atoms with E-state index in [1.165, 1.54) is 11.4 Å². The van der Waals surface area contributed by atoms with Crippen molar-refractivity contribution in [3.8, 4) is 0 Å². The van der Waals surface area contributed by atoms with Gasteiger partial charge in [0.15, 0.2) is 0 Å².